The van der Waals surface area contributed by atoms with E-state index in [1.54, 1.807) is 46.3 Å². The van der Waals surface area contributed by atoms with Gasteiger partial charge in [0.05, 0.1) is 34.6 Å². The molecule has 1 atom stereocenters. The molecular weight excluding hydrogens is 430 g/mol. The molecule has 0 N–H and O–H groups in total. The number of aromatic nitrogens is 4. The van der Waals surface area contributed by atoms with Crippen LogP contribution >= 0.6 is 11.6 Å². The second kappa shape index (κ2) is 6.86. The van der Waals surface area contributed by atoms with E-state index in [0.29, 0.717) is 46.8 Å². The summed E-state index contributed by atoms with van der Waals surface area (Å²) in [5, 5.41) is 0.327. The van der Waals surface area contributed by atoms with Crippen molar-refractivity contribution in [2.75, 3.05) is 13.1 Å². The number of ether oxygens (including phenoxy) is 1. The SMILES string of the molecule is O=C1O[C@]2(CCN(C(=O)c3ccc(-n4cnc5cncnc54)cc3Cl)C2)c2ccccc21. The van der Waals surface area contributed by atoms with Gasteiger partial charge in [0.1, 0.15) is 18.2 Å². The smallest absolute Gasteiger partial charge is 0.339 e. The van der Waals surface area contributed by atoms with E-state index in [4.69, 9.17) is 16.3 Å². The molecule has 8 nitrogen and oxygen atoms in total. The third kappa shape index (κ3) is 2.73. The Morgan fingerprint density at radius 2 is 2.03 bits per heavy atom. The van der Waals surface area contributed by atoms with E-state index in [2.05, 4.69) is 15.0 Å². The molecule has 0 bridgehead atoms. The molecule has 6 rings (SSSR count). The average molecular weight is 446 g/mol. The fraction of sp³-hybridized carbons (Fsp3) is 0.174. The summed E-state index contributed by atoms with van der Waals surface area (Å²) in [5.41, 5.74) is 3.08. The van der Waals surface area contributed by atoms with E-state index in [-0.39, 0.29) is 11.9 Å². The second-order valence-corrected chi connectivity index (χ2v) is 8.32. The van der Waals surface area contributed by atoms with Crippen LogP contribution in [0.15, 0.2) is 61.3 Å². The number of nitrogens with zero attached hydrogens (tertiary/aromatic N) is 5. The van der Waals surface area contributed by atoms with Gasteiger partial charge in [-0.2, -0.15) is 0 Å². The lowest BCUT2D eigenvalue weighted by molar-refractivity contribution is -0.00306. The molecule has 1 spiro atoms. The Morgan fingerprint density at radius 3 is 2.91 bits per heavy atom. The Morgan fingerprint density at radius 1 is 1.16 bits per heavy atom. The lowest BCUT2D eigenvalue weighted by Gasteiger charge is -2.24. The first-order chi connectivity index (χ1) is 15.6. The van der Waals surface area contributed by atoms with E-state index < -0.39 is 5.60 Å². The van der Waals surface area contributed by atoms with Crippen LogP contribution in [0.5, 0.6) is 0 Å². The van der Waals surface area contributed by atoms with Crippen molar-refractivity contribution in [1.82, 2.24) is 24.4 Å². The molecule has 9 heteroatoms. The molecule has 2 aromatic carbocycles. The van der Waals surface area contributed by atoms with Crippen LogP contribution in [0, 0.1) is 0 Å². The Hall–Kier alpha value is -3.78. The Balaban J connectivity index is 1.29. The summed E-state index contributed by atoms with van der Waals surface area (Å²) in [5.74, 6) is -0.537. The summed E-state index contributed by atoms with van der Waals surface area (Å²) in [6, 6.07) is 12.6. The first-order valence-corrected chi connectivity index (χ1v) is 10.5. The van der Waals surface area contributed by atoms with Crippen molar-refractivity contribution in [3.05, 3.63) is 83.0 Å². The van der Waals surface area contributed by atoms with E-state index in [0.717, 1.165) is 11.3 Å². The van der Waals surface area contributed by atoms with Gasteiger partial charge in [0.2, 0.25) is 0 Å². The fourth-order valence-electron chi connectivity index (χ4n) is 4.56. The summed E-state index contributed by atoms with van der Waals surface area (Å²) in [4.78, 5) is 39.8. The molecular formula is C23H16ClN5O3. The van der Waals surface area contributed by atoms with Gasteiger partial charge in [-0.05, 0) is 24.3 Å². The van der Waals surface area contributed by atoms with Crippen LogP contribution in [0.4, 0.5) is 0 Å². The van der Waals surface area contributed by atoms with Crippen LogP contribution in [0.25, 0.3) is 16.9 Å². The molecule has 32 heavy (non-hydrogen) atoms. The number of rotatable bonds is 2. The maximum absolute atomic E-state index is 13.3. The van der Waals surface area contributed by atoms with Crippen LogP contribution in [0.2, 0.25) is 5.02 Å². The van der Waals surface area contributed by atoms with E-state index >= 15 is 0 Å². The van der Waals surface area contributed by atoms with Crippen LogP contribution in [0.3, 0.4) is 0 Å². The minimum atomic E-state index is -0.787. The minimum Gasteiger partial charge on any atom is -0.449 e. The highest BCUT2D eigenvalue weighted by Gasteiger charge is 2.51. The van der Waals surface area contributed by atoms with Gasteiger partial charge in [0.25, 0.3) is 5.91 Å². The van der Waals surface area contributed by atoms with Crippen molar-refractivity contribution >= 4 is 34.6 Å². The zero-order valence-electron chi connectivity index (χ0n) is 16.7. The number of imidazole rings is 1. The number of hydrogen-bond donors (Lipinski definition) is 0. The van der Waals surface area contributed by atoms with E-state index in [1.807, 2.05) is 18.2 Å². The van der Waals surface area contributed by atoms with Crippen LogP contribution in [-0.4, -0.2) is 49.4 Å². The molecule has 158 valence electrons. The number of benzene rings is 2. The number of hydrogen-bond acceptors (Lipinski definition) is 6. The summed E-state index contributed by atoms with van der Waals surface area (Å²) >= 11 is 6.53. The number of likely N-dealkylation sites (tertiary alicyclic amines) is 1. The first-order valence-electron chi connectivity index (χ1n) is 10.1. The molecule has 2 aliphatic rings. The molecule has 0 unspecified atom stereocenters. The van der Waals surface area contributed by atoms with Crippen molar-refractivity contribution in [2.24, 2.45) is 0 Å². The molecule has 0 radical (unpaired) electrons. The van der Waals surface area contributed by atoms with Crippen molar-refractivity contribution in [2.45, 2.75) is 12.0 Å². The lowest BCUT2D eigenvalue weighted by atomic mass is 9.91. The quantitative estimate of drug-likeness (QED) is 0.439. The molecule has 0 saturated carbocycles. The Kier molecular flexibility index (Phi) is 4.06. The number of halogens is 1. The molecule has 1 fully saturated rings. The summed E-state index contributed by atoms with van der Waals surface area (Å²) in [6.07, 6.45) is 5.29. The summed E-state index contributed by atoms with van der Waals surface area (Å²) in [7, 11) is 0. The van der Waals surface area contributed by atoms with Gasteiger partial charge < -0.3 is 9.64 Å². The third-order valence-electron chi connectivity index (χ3n) is 6.12. The predicted molar refractivity (Wildman–Crippen MR) is 116 cm³/mol. The molecule has 4 aromatic rings. The van der Waals surface area contributed by atoms with Crippen molar-refractivity contribution in [1.29, 1.82) is 0 Å². The molecule has 2 aliphatic heterocycles. The summed E-state index contributed by atoms with van der Waals surface area (Å²) < 4.78 is 7.54. The zero-order valence-corrected chi connectivity index (χ0v) is 17.5. The van der Waals surface area contributed by atoms with Crippen molar-refractivity contribution in [3.63, 3.8) is 0 Å². The lowest BCUT2D eigenvalue weighted by Crippen LogP contribution is -2.34. The average Bonchev–Trinajstić information content (AvgIpc) is 3.50. The van der Waals surface area contributed by atoms with Crippen molar-refractivity contribution in [3.8, 4) is 5.69 Å². The highest BCUT2D eigenvalue weighted by Crippen LogP contribution is 2.43. The number of fused-ring (bicyclic) bond motifs is 3. The van der Waals surface area contributed by atoms with Gasteiger partial charge in [-0.3, -0.25) is 9.36 Å². The van der Waals surface area contributed by atoms with Gasteiger partial charge >= 0.3 is 5.97 Å². The van der Waals surface area contributed by atoms with Crippen LogP contribution in [-0.2, 0) is 10.3 Å². The Labute approximate surface area is 187 Å². The van der Waals surface area contributed by atoms with Gasteiger partial charge in [0.15, 0.2) is 11.2 Å². The van der Waals surface area contributed by atoms with Gasteiger partial charge in [-0.15, -0.1) is 0 Å². The molecule has 1 amide bonds. The highest BCUT2D eigenvalue weighted by atomic mass is 35.5. The normalized spacial score (nSPS) is 19.5. The second-order valence-electron chi connectivity index (χ2n) is 7.92. The maximum atomic E-state index is 13.3. The monoisotopic (exact) mass is 445 g/mol. The van der Waals surface area contributed by atoms with Crippen LogP contribution in [0.1, 0.15) is 32.7 Å². The van der Waals surface area contributed by atoms with E-state index in [1.165, 1.54) is 6.33 Å². The molecule has 2 aromatic heterocycles. The zero-order chi connectivity index (χ0) is 21.9. The number of carbonyl (C=O) groups excluding carboxylic acids is 2. The molecule has 1 saturated heterocycles. The Bertz CT molecular complexity index is 1420. The molecule has 0 aliphatic carbocycles. The van der Waals surface area contributed by atoms with Crippen LogP contribution < -0.4 is 0 Å². The fourth-order valence-corrected chi connectivity index (χ4v) is 4.81. The maximum Gasteiger partial charge on any atom is 0.339 e. The summed E-state index contributed by atoms with van der Waals surface area (Å²) in [6.45, 7) is 0.775. The van der Waals surface area contributed by atoms with Gasteiger partial charge in [-0.1, -0.05) is 29.8 Å². The topological polar surface area (TPSA) is 90.2 Å². The predicted octanol–water partition coefficient (Wildman–Crippen LogP) is 3.38. The molecule has 4 heterocycles. The van der Waals surface area contributed by atoms with E-state index in [9.17, 15) is 9.59 Å². The minimum absolute atomic E-state index is 0.198. The number of esters is 1. The first kappa shape index (κ1) is 18.9. The standard InChI is InChI=1S/C23H16ClN5O3/c24-18-9-14(29-13-27-19-10-25-12-26-20(19)29)5-6-16(18)21(30)28-8-7-23(11-28)17-4-2-1-3-15(17)22(31)32-23/h1-6,9-10,12-13H,7-8,11H2/t23-/m0/s1. The van der Waals surface area contributed by atoms with Crippen molar-refractivity contribution < 1.29 is 14.3 Å². The highest BCUT2D eigenvalue weighted by molar-refractivity contribution is 6.34. The largest absolute Gasteiger partial charge is 0.449 e. The van der Waals surface area contributed by atoms with Gasteiger partial charge in [0, 0.05) is 18.5 Å². The number of amides is 1. The number of carbonyl (C=O) groups is 2. The third-order valence-corrected chi connectivity index (χ3v) is 6.43. The van der Waals surface area contributed by atoms with Gasteiger partial charge in [-0.25, -0.2) is 19.7 Å².